The third kappa shape index (κ3) is 4.89. The van der Waals surface area contributed by atoms with Crippen molar-refractivity contribution in [3.05, 3.63) is 119 Å². The van der Waals surface area contributed by atoms with Gasteiger partial charge < -0.3 is 20.0 Å². The van der Waals surface area contributed by atoms with Gasteiger partial charge in [0, 0.05) is 55.7 Å². The number of phenols is 2. The van der Waals surface area contributed by atoms with Gasteiger partial charge in [-0.1, -0.05) is 36.4 Å². The first-order valence-electron chi connectivity index (χ1n) is 12.1. The van der Waals surface area contributed by atoms with E-state index >= 15 is 0 Å². The Kier molecular flexibility index (Phi) is 6.58. The second-order valence-electron chi connectivity index (χ2n) is 9.20. The van der Waals surface area contributed by atoms with Gasteiger partial charge in [-0.3, -0.25) is 9.78 Å². The fourth-order valence-corrected chi connectivity index (χ4v) is 4.88. The van der Waals surface area contributed by atoms with Crippen molar-refractivity contribution in [3.63, 3.8) is 0 Å². The molecule has 1 amide bonds. The predicted octanol–water partition coefficient (Wildman–Crippen LogP) is 4.94. The van der Waals surface area contributed by atoms with E-state index in [-0.39, 0.29) is 23.3 Å². The van der Waals surface area contributed by atoms with Gasteiger partial charge in [-0.05, 0) is 71.6 Å². The molecule has 36 heavy (non-hydrogen) atoms. The second-order valence-corrected chi connectivity index (χ2v) is 9.20. The molecule has 0 radical (unpaired) electrons. The van der Waals surface area contributed by atoms with Gasteiger partial charge in [0.15, 0.2) is 0 Å². The van der Waals surface area contributed by atoms with Crippen molar-refractivity contribution >= 4 is 11.6 Å². The number of piperazine rings is 1. The molecule has 0 spiro atoms. The van der Waals surface area contributed by atoms with E-state index in [4.69, 9.17) is 0 Å². The summed E-state index contributed by atoms with van der Waals surface area (Å²) < 4.78 is 0. The zero-order valence-electron chi connectivity index (χ0n) is 20.2. The van der Waals surface area contributed by atoms with E-state index in [9.17, 15) is 15.0 Å². The average molecular weight is 480 g/mol. The maximum Gasteiger partial charge on any atom is 0.254 e. The molecule has 0 atom stereocenters. The molecule has 0 aliphatic carbocycles. The zero-order chi connectivity index (χ0) is 25.1. The summed E-state index contributed by atoms with van der Waals surface area (Å²) in [7, 11) is 0. The number of hydrogen-bond acceptors (Lipinski definition) is 5. The minimum Gasteiger partial charge on any atom is -0.508 e. The molecular weight excluding hydrogens is 450 g/mol. The lowest BCUT2D eigenvalue weighted by atomic mass is 9.83. The summed E-state index contributed by atoms with van der Waals surface area (Å²) >= 11 is 0. The van der Waals surface area contributed by atoms with Crippen molar-refractivity contribution in [2.75, 3.05) is 31.1 Å². The molecule has 1 fully saturated rings. The standard InChI is InChI=1S/C30H29N3O3/c1-21-3-2-4-24(19-21)32-15-17-33(18-16-32)30(36)27-13-14-31-20-28(27)29(22-5-9-25(34)10-6-22)23-7-11-26(35)12-8-23/h2-14,19-20,29,34-35H,15-18H2,1H3. The van der Waals surface area contributed by atoms with E-state index in [1.165, 1.54) is 11.3 Å². The number of amides is 1. The second kappa shape index (κ2) is 10.1. The van der Waals surface area contributed by atoms with Crippen molar-refractivity contribution in [3.8, 4) is 11.5 Å². The van der Waals surface area contributed by atoms with Gasteiger partial charge in [-0.2, -0.15) is 0 Å². The third-order valence-corrected chi connectivity index (χ3v) is 6.78. The molecule has 3 aromatic carbocycles. The largest absolute Gasteiger partial charge is 0.508 e. The van der Waals surface area contributed by atoms with E-state index in [0.717, 1.165) is 29.8 Å². The fourth-order valence-electron chi connectivity index (χ4n) is 4.88. The Balaban J connectivity index is 1.45. The molecule has 1 aliphatic heterocycles. The summed E-state index contributed by atoms with van der Waals surface area (Å²) in [6.07, 6.45) is 3.41. The molecule has 6 nitrogen and oxygen atoms in total. The van der Waals surface area contributed by atoms with Gasteiger partial charge in [0.25, 0.3) is 5.91 Å². The van der Waals surface area contributed by atoms with E-state index in [1.807, 2.05) is 29.2 Å². The summed E-state index contributed by atoms with van der Waals surface area (Å²) in [5, 5.41) is 19.7. The fraction of sp³-hybridized carbons (Fsp3) is 0.200. The topological polar surface area (TPSA) is 76.9 Å². The van der Waals surface area contributed by atoms with E-state index in [2.05, 4.69) is 41.1 Å². The van der Waals surface area contributed by atoms with Crippen LogP contribution in [0.5, 0.6) is 11.5 Å². The predicted molar refractivity (Wildman–Crippen MR) is 141 cm³/mol. The molecule has 1 aromatic heterocycles. The quantitative estimate of drug-likeness (QED) is 0.424. The molecule has 1 aliphatic rings. The van der Waals surface area contributed by atoms with E-state index < -0.39 is 0 Å². The number of pyridine rings is 1. The highest BCUT2D eigenvalue weighted by Crippen LogP contribution is 2.35. The van der Waals surface area contributed by atoms with Crippen molar-refractivity contribution < 1.29 is 15.0 Å². The molecule has 4 aromatic rings. The molecule has 182 valence electrons. The summed E-state index contributed by atoms with van der Waals surface area (Å²) in [6.45, 7) is 4.91. The number of hydrogen-bond donors (Lipinski definition) is 2. The first kappa shape index (κ1) is 23.4. The highest BCUT2D eigenvalue weighted by molar-refractivity contribution is 5.96. The Morgan fingerprint density at radius 2 is 1.44 bits per heavy atom. The lowest BCUT2D eigenvalue weighted by Gasteiger charge is -2.36. The molecule has 1 saturated heterocycles. The number of nitrogens with zero attached hydrogens (tertiary/aromatic N) is 3. The number of aryl methyl sites for hydroxylation is 1. The molecule has 0 bridgehead atoms. The first-order chi connectivity index (χ1) is 17.5. The molecular formula is C30H29N3O3. The average Bonchev–Trinajstić information content (AvgIpc) is 2.91. The van der Waals surface area contributed by atoms with Gasteiger partial charge in [0.1, 0.15) is 11.5 Å². The number of benzene rings is 3. The van der Waals surface area contributed by atoms with Gasteiger partial charge in [-0.15, -0.1) is 0 Å². The number of aromatic hydroxyl groups is 2. The van der Waals surface area contributed by atoms with Gasteiger partial charge in [0.2, 0.25) is 0 Å². The van der Waals surface area contributed by atoms with Crippen molar-refractivity contribution in [1.82, 2.24) is 9.88 Å². The highest BCUT2D eigenvalue weighted by atomic mass is 16.3. The van der Waals surface area contributed by atoms with E-state index in [1.54, 1.807) is 42.7 Å². The molecule has 2 heterocycles. The SMILES string of the molecule is Cc1cccc(N2CCN(C(=O)c3ccncc3C(c3ccc(O)cc3)c3ccc(O)cc3)CC2)c1. The van der Waals surface area contributed by atoms with Crippen LogP contribution in [0.1, 0.15) is 38.5 Å². The van der Waals surface area contributed by atoms with Crippen molar-refractivity contribution in [2.24, 2.45) is 0 Å². The van der Waals surface area contributed by atoms with Gasteiger partial charge in [-0.25, -0.2) is 0 Å². The number of carbonyl (C=O) groups is 1. The Morgan fingerprint density at radius 1 is 0.833 bits per heavy atom. The third-order valence-electron chi connectivity index (χ3n) is 6.78. The lowest BCUT2D eigenvalue weighted by Crippen LogP contribution is -2.49. The summed E-state index contributed by atoms with van der Waals surface area (Å²) in [6, 6.07) is 24.2. The zero-order valence-corrected chi connectivity index (χ0v) is 20.2. The minimum absolute atomic E-state index is 0.0150. The maximum absolute atomic E-state index is 13.8. The smallest absolute Gasteiger partial charge is 0.254 e. The van der Waals surface area contributed by atoms with Crippen LogP contribution in [0.4, 0.5) is 5.69 Å². The molecule has 0 saturated carbocycles. The van der Waals surface area contributed by atoms with Crippen LogP contribution < -0.4 is 4.90 Å². The van der Waals surface area contributed by atoms with Crippen LogP contribution in [0.2, 0.25) is 0 Å². The van der Waals surface area contributed by atoms with Crippen LogP contribution in [0.15, 0.2) is 91.3 Å². The maximum atomic E-state index is 13.8. The number of carbonyl (C=O) groups excluding carboxylic acids is 1. The monoisotopic (exact) mass is 479 g/mol. The number of anilines is 1. The van der Waals surface area contributed by atoms with Crippen LogP contribution in [-0.4, -0.2) is 52.2 Å². The summed E-state index contributed by atoms with van der Waals surface area (Å²) in [5.41, 5.74) is 5.66. The number of phenolic OH excluding ortho intramolecular Hbond substituents is 2. The van der Waals surface area contributed by atoms with Crippen molar-refractivity contribution in [1.29, 1.82) is 0 Å². The Bertz CT molecular complexity index is 1300. The molecule has 0 unspecified atom stereocenters. The number of rotatable bonds is 5. The number of aromatic nitrogens is 1. The summed E-state index contributed by atoms with van der Waals surface area (Å²) in [5.74, 6) is 0.0561. The normalized spacial score (nSPS) is 13.7. The Morgan fingerprint density at radius 3 is 2.03 bits per heavy atom. The Hall–Kier alpha value is -4.32. The lowest BCUT2D eigenvalue weighted by molar-refractivity contribution is 0.0745. The van der Waals surface area contributed by atoms with Gasteiger partial charge in [0.05, 0.1) is 0 Å². The molecule has 5 rings (SSSR count). The van der Waals surface area contributed by atoms with E-state index in [0.29, 0.717) is 18.7 Å². The minimum atomic E-state index is -0.285. The van der Waals surface area contributed by atoms with Crippen LogP contribution >= 0.6 is 0 Å². The van der Waals surface area contributed by atoms with Gasteiger partial charge >= 0.3 is 0 Å². The summed E-state index contributed by atoms with van der Waals surface area (Å²) in [4.78, 5) is 22.4. The van der Waals surface area contributed by atoms with Crippen LogP contribution in [-0.2, 0) is 0 Å². The van der Waals surface area contributed by atoms with Crippen molar-refractivity contribution in [2.45, 2.75) is 12.8 Å². The molecule has 2 N–H and O–H groups in total. The van der Waals surface area contributed by atoms with Crippen LogP contribution in [0.25, 0.3) is 0 Å². The van der Waals surface area contributed by atoms with Crippen LogP contribution in [0, 0.1) is 6.92 Å². The highest BCUT2D eigenvalue weighted by Gasteiger charge is 2.28. The van der Waals surface area contributed by atoms with Crippen LogP contribution in [0.3, 0.4) is 0 Å². The Labute approximate surface area is 211 Å². The molecule has 6 heteroatoms. The first-order valence-corrected chi connectivity index (χ1v) is 12.1.